The van der Waals surface area contributed by atoms with E-state index in [0.29, 0.717) is 18.9 Å². The van der Waals surface area contributed by atoms with Crippen molar-refractivity contribution in [3.8, 4) is 16.9 Å². The number of likely N-dealkylation sites (N-methyl/N-ethyl adjacent to an activating group) is 1. The summed E-state index contributed by atoms with van der Waals surface area (Å²) in [6.07, 6.45) is 6.53. The van der Waals surface area contributed by atoms with Gasteiger partial charge in [-0.25, -0.2) is 4.99 Å². The van der Waals surface area contributed by atoms with Gasteiger partial charge in [-0.1, -0.05) is 43.5 Å². The Labute approximate surface area is 183 Å². The lowest BCUT2D eigenvalue weighted by molar-refractivity contribution is -0.132. The number of benzene rings is 2. The Morgan fingerprint density at radius 3 is 2.61 bits per heavy atom. The standard InChI is InChI=1S/C25H30N4O2/c1-29-23(30)25(28-24(29)27)14-22(17-7-3-2-4-8-17)31-21-11-10-19(13-20(21)25)18-9-5-6-16(12-18)15-26/h5-6,9-13,17,22H,2-4,7-8,14-15,26H2,1H3,(H2,27,28). The predicted molar refractivity (Wildman–Crippen MR) is 121 cm³/mol. The molecule has 0 bridgehead atoms. The molecule has 3 aliphatic rings. The van der Waals surface area contributed by atoms with Crippen LogP contribution in [0.15, 0.2) is 47.5 Å². The first-order valence-corrected chi connectivity index (χ1v) is 11.3. The molecular formula is C25H30N4O2. The molecule has 2 heterocycles. The highest BCUT2D eigenvalue weighted by Crippen LogP contribution is 2.49. The quantitative estimate of drug-likeness (QED) is 0.797. The van der Waals surface area contributed by atoms with E-state index in [1.165, 1.54) is 24.2 Å². The van der Waals surface area contributed by atoms with E-state index < -0.39 is 5.54 Å². The lowest BCUT2D eigenvalue weighted by atomic mass is 9.74. The maximum atomic E-state index is 13.5. The van der Waals surface area contributed by atoms with Crippen molar-refractivity contribution < 1.29 is 9.53 Å². The molecule has 0 aromatic heterocycles. The number of nitrogens with two attached hydrogens (primary N) is 2. The van der Waals surface area contributed by atoms with Gasteiger partial charge in [0.25, 0.3) is 5.91 Å². The molecule has 2 aliphatic heterocycles. The number of amides is 1. The molecule has 1 fully saturated rings. The number of aliphatic imine (C=N–C) groups is 1. The van der Waals surface area contributed by atoms with Gasteiger partial charge in [-0.3, -0.25) is 9.69 Å². The van der Waals surface area contributed by atoms with Gasteiger partial charge in [0.05, 0.1) is 0 Å². The number of ether oxygens (including phenoxy) is 1. The minimum atomic E-state index is -1.00. The molecule has 162 valence electrons. The lowest BCUT2D eigenvalue weighted by Crippen LogP contribution is -2.47. The normalized spacial score (nSPS) is 26.0. The summed E-state index contributed by atoms with van der Waals surface area (Å²) in [5.41, 5.74) is 14.9. The van der Waals surface area contributed by atoms with Crippen LogP contribution in [0, 0.1) is 5.92 Å². The van der Waals surface area contributed by atoms with E-state index in [-0.39, 0.29) is 18.0 Å². The zero-order chi connectivity index (χ0) is 21.6. The molecule has 0 saturated heterocycles. The second-order valence-electron chi connectivity index (χ2n) is 9.07. The first-order chi connectivity index (χ1) is 15.0. The summed E-state index contributed by atoms with van der Waals surface area (Å²) in [7, 11) is 1.70. The Kier molecular flexibility index (Phi) is 4.97. The third-order valence-electron chi connectivity index (χ3n) is 7.18. The molecule has 6 heteroatoms. The Morgan fingerprint density at radius 2 is 1.90 bits per heavy atom. The van der Waals surface area contributed by atoms with Crippen LogP contribution in [0.1, 0.15) is 49.7 Å². The van der Waals surface area contributed by atoms with E-state index in [9.17, 15) is 4.79 Å². The molecule has 1 spiro atoms. The zero-order valence-electron chi connectivity index (χ0n) is 18.0. The van der Waals surface area contributed by atoms with E-state index in [2.05, 4.69) is 24.3 Å². The third kappa shape index (κ3) is 3.30. The van der Waals surface area contributed by atoms with Gasteiger partial charge in [0, 0.05) is 25.6 Å². The van der Waals surface area contributed by atoms with E-state index >= 15 is 0 Å². The highest BCUT2D eigenvalue weighted by molar-refractivity contribution is 6.07. The van der Waals surface area contributed by atoms with Crippen LogP contribution in [-0.4, -0.2) is 29.9 Å². The van der Waals surface area contributed by atoms with Gasteiger partial charge >= 0.3 is 0 Å². The van der Waals surface area contributed by atoms with Gasteiger partial charge < -0.3 is 16.2 Å². The van der Waals surface area contributed by atoms with E-state index in [1.807, 2.05) is 18.2 Å². The first-order valence-electron chi connectivity index (χ1n) is 11.3. The summed E-state index contributed by atoms with van der Waals surface area (Å²) in [5, 5.41) is 0. The number of hydrogen-bond donors (Lipinski definition) is 2. The van der Waals surface area contributed by atoms with Crippen molar-refractivity contribution in [2.75, 3.05) is 7.05 Å². The Morgan fingerprint density at radius 1 is 1.13 bits per heavy atom. The third-order valence-corrected chi connectivity index (χ3v) is 7.18. The Balaban J connectivity index is 1.61. The summed E-state index contributed by atoms with van der Waals surface area (Å²) in [5.74, 6) is 1.41. The van der Waals surface area contributed by atoms with Crippen LogP contribution in [0.5, 0.6) is 5.75 Å². The number of nitrogens with zero attached hydrogens (tertiary/aromatic N) is 2. The smallest absolute Gasteiger partial charge is 0.261 e. The zero-order valence-corrected chi connectivity index (χ0v) is 18.0. The monoisotopic (exact) mass is 418 g/mol. The number of carbonyl (C=O) groups is 1. The summed E-state index contributed by atoms with van der Waals surface area (Å²) in [6, 6.07) is 14.3. The lowest BCUT2D eigenvalue weighted by Gasteiger charge is -2.41. The van der Waals surface area contributed by atoms with Gasteiger partial charge in [-0.2, -0.15) is 0 Å². The van der Waals surface area contributed by atoms with Crippen LogP contribution >= 0.6 is 0 Å². The molecule has 1 aliphatic carbocycles. The van der Waals surface area contributed by atoms with Gasteiger partial charge in [0.15, 0.2) is 11.5 Å². The number of hydrogen-bond acceptors (Lipinski definition) is 5. The van der Waals surface area contributed by atoms with Gasteiger partial charge in [-0.15, -0.1) is 0 Å². The summed E-state index contributed by atoms with van der Waals surface area (Å²) >= 11 is 0. The van der Waals surface area contributed by atoms with Crippen LogP contribution < -0.4 is 16.2 Å². The fourth-order valence-electron chi connectivity index (χ4n) is 5.40. The molecule has 0 radical (unpaired) electrons. The maximum Gasteiger partial charge on any atom is 0.261 e. The SMILES string of the molecule is CN1C(=O)C2(CC(C3CCCCC3)Oc3ccc(-c4cccc(CN)c4)cc32)N=C1N. The molecule has 6 nitrogen and oxygen atoms in total. The van der Waals surface area contributed by atoms with E-state index in [4.69, 9.17) is 21.2 Å². The average Bonchev–Trinajstić information content (AvgIpc) is 3.03. The Bertz CT molecular complexity index is 1040. The van der Waals surface area contributed by atoms with Crippen molar-refractivity contribution in [3.63, 3.8) is 0 Å². The predicted octanol–water partition coefficient (Wildman–Crippen LogP) is 3.53. The molecule has 1 saturated carbocycles. The summed E-state index contributed by atoms with van der Waals surface area (Å²) < 4.78 is 6.51. The van der Waals surface area contributed by atoms with Crippen molar-refractivity contribution >= 4 is 11.9 Å². The fraction of sp³-hybridized carbons (Fsp3) is 0.440. The van der Waals surface area contributed by atoms with Crippen molar-refractivity contribution in [2.24, 2.45) is 22.4 Å². The summed E-state index contributed by atoms with van der Waals surface area (Å²) in [4.78, 5) is 19.7. The molecule has 5 rings (SSSR count). The molecule has 31 heavy (non-hydrogen) atoms. The molecule has 1 amide bonds. The fourth-order valence-corrected chi connectivity index (χ4v) is 5.40. The first kappa shape index (κ1) is 20.1. The average molecular weight is 419 g/mol. The van der Waals surface area contributed by atoms with Crippen LogP contribution in [-0.2, 0) is 16.9 Å². The number of carbonyl (C=O) groups excluding carboxylic acids is 1. The minimum Gasteiger partial charge on any atom is -0.490 e. The van der Waals surface area contributed by atoms with Crippen molar-refractivity contribution in [3.05, 3.63) is 53.6 Å². The van der Waals surface area contributed by atoms with E-state index in [0.717, 1.165) is 40.8 Å². The number of rotatable bonds is 3. The number of guanidine groups is 1. The van der Waals surface area contributed by atoms with Crippen molar-refractivity contribution in [2.45, 2.75) is 56.7 Å². The van der Waals surface area contributed by atoms with Gasteiger partial charge in [-0.05, 0) is 53.6 Å². The van der Waals surface area contributed by atoms with Crippen molar-refractivity contribution in [1.82, 2.24) is 4.90 Å². The largest absolute Gasteiger partial charge is 0.490 e. The molecule has 2 aromatic rings. The minimum absolute atomic E-state index is 0.0220. The molecule has 2 unspecified atom stereocenters. The van der Waals surface area contributed by atoms with Crippen LogP contribution in [0.3, 0.4) is 0 Å². The number of fused-ring (bicyclic) bond motifs is 2. The molecule has 2 atom stereocenters. The van der Waals surface area contributed by atoms with Crippen LogP contribution in [0.4, 0.5) is 0 Å². The Hall–Kier alpha value is -2.86. The topological polar surface area (TPSA) is 93.9 Å². The second kappa shape index (κ2) is 7.68. The van der Waals surface area contributed by atoms with Gasteiger partial charge in [0.2, 0.25) is 0 Å². The molecule has 2 aromatic carbocycles. The highest BCUT2D eigenvalue weighted by atomic mass is 16.5. The van der Waals surface area contributed by atoms with Gasteiger partial charge in [0.1, 0.15) is 11.9 Å². The van der Waals surface area contributed by atoms with E-state index in [1.54, 1.807) is 7.05 Å². The van der Waals surface area contributed by atoms with Crippen LogP contribution in [0.25, 0.3) is 11.1 Å². The summed E-state index contributed by atoms with van der Waals surface area (Å²) in [6.45, 7) is 0.485. The second-order valence-corrected chi connectivity index (χ2v) is 9.07. The highest BCUT2D eigenvalue weighted by Gasteiger charge is 2.54. The molecule has 4 N–H and O–H groups in total. The van der Waals surface area contributed by atoms with Crippen molar-refractivity contribution in [1.29, 1.82) is 0 Å². The maximum absolute atomic E-state index is 13.5. The van der Waals surface area contributed by atoms with Crippen LogP contribution in [0.2, 0.25) is 0 Å². The molecular weight excluding hydrogens is 388 g/mol.